The van der Waals surface area contributed by atoms with E-state index in [-0.39, 0.29) is 11.5 Å². The number of anilines is 1. The van der Waals surface area contributed by atoms with Crippen LogP contribution >= 0.6 is 0 Å². The summed E-state index contributed by atoms with van der Waals surface area (Å²) in [6.45, 7) is 7.42. The summed E-state index contributed by atoms with van der Waals surface area (Å²) >= 11 is 0. The van der Waals surface area contributed by atoms with E-state index in [9.17, 15) is 0 Å². The van der Waals surface area contributed by atoms with Gasteiger partial charge in [-0.25, -0.2) is 15.0 Å². The Hall–Kier alpha value is -3.29. The normalized spacial score (nSPS) is 13.0. The number of nitrogens with zero attached hydrogens (tertiary/aromatic N) is 7. The van der Waals surface area contributed by atoms with Gasteiger partial charge in [-0.1, -0.05) is 20.8 Å². The molecule has 8 heteroatoms. The molecule has 0 aromatic carbocycles. The molecule has 0 saturated carbocycles. The topological polar surface area (TPSA) is 86.3 Å². The number of imidazole rings is 1. The Morgan fingerprint density at radius 1 is 1.07 bits per heavy atom. The molecule has 1 N–H and O–H groups in total. The van der Waals surface area contributed by atoms with Crippen molar-refractivity contribution in [1.29, 1.82) is 0 Å². The molecule has 0 spiro atoms. The third-order valence-electron chi connectivity index (χ3n) is 4.84. The summed E-state index contributed by atoms with van der Waals surface area (Å²) in [4.78, 5) is 17.8. The minimum Gasteiger partial charge on any atom is -0.364 e. The predicted molar refractivity (Wildman–Crippen MR) is 109 cm³/mol. The molecule has 1 atom stereocenters. The zero-order valence-corrected chi connectivity index (χ0v) is 16.5. The molecular formula is C20H24N8. The van der Waals surface area contributed by atoms with E-state index < -0.39 is 0 Å². The van der Waals surface area contributed by atoms with Crippen LogP contribution in [-0.2, 0) is 13.6 Å². The Morgan fingerprint density at radius 3 is 2.54 bits per heavy atom. The molecular weight excluding hydrogens is 352 g/mol. The van der Waals surface area contributed by atoms with Crippen LogP contribution in [0.2, 0.25) is 0 Å². The number of nitrogens with one attached hydrogen (secondary N) is 1. The summed E-state index contributed by atoms with van der Waals surface area (Å²) in [5, 5.41) is 8.94. The minimum atomic E-state index is 0.000578. The van der Waals surface area contributed by atoms with Crippen LogP contribution in [0, 0.1) is 5.41 Å². The summed E-state index contributed by atoms with van der Waals surface area (Å²) in [5.74, 6) is 1.43. The van der Waals surface area contributed by atoms with Gasteiger partial charge in [0.15, 0.2) is 11.5 Å². The standard InChI is InChI=1S/C20H24N8/c1-20(2,3)16(12-28-10-9-22-13-28)24-18-15-11-23-27(4)19(15)26-17(25-18)14-5-7-21-8-6-14/h5-11,13,16H,12H2,1-4H3,(H,24,25,26)/t16-/m0/s1. The van der Waals surface area contributed by atoms with Crippen molar-refractivity contribution in [3.63, 3.8) is 0 Å². The minimum absolute atomic E-state index is 0.000578. The first-order chi connectivity index (χ1) is 13.4. The number of pyridine rings is 1. The predicted octanol–water partition coefficient (Wildman–Crippen LogP) is 3.15. The number of hydrogen-bond acceptors (Lipinski definition) is 6. The molecule has 0 aliphatic rings. The maximum atomic E-state index is 4.84. The summed E-state index contributed by atoms with van der Waals surface area (Å²) < 4.78 is 3.85. The largest absolute Gasteiger partial charge is 0.364 e. The Kier molecular flexibility index (Phi) is 4.54. The highest BCUT2D eigenvalue weighted by molar-refractivity contribution is 5.88. The molecule has 0 aliphatic carbocycles. The number of aryl methyl sites for hydroxylation is 1. The van der Waals surface area contributed by atoms with Gasteiger partial charge in [0.05, 0.1) is 24.0 Å². The average Bonchev–Trinajstić information content (AvgIpc) is 3.31. The first-order valence-corrected chi connectivity index (χ1v) is 9.24. The van der Waals surface area contributed by atoms with E-state index >= 15 is 0 Å². The van der Waals surface area contributed by atoms with E-state index in [0.717, 1.165) is 29.0 Å². The van der Waals surface area contributed by atoms with Crippen molar-refractivity contribution in [3.8, 4) is 11.4 Å². The highest BCUT2D eigenvalue weighted by Crippen LogP contribution is 2.29. The molecule has 0 radical (unpaired) electrons. The molecule has 0 fully saturated rings. The van der Waals surface area contributed by atoms with Gasteiger partial charge >= 0.3 is 0 Å². The van der Waals surface area contributed by atoms with Crippen molar-refractivity contribution in [2.24, 2.45) is 12.5 Å². The fourth-order valence-corrected chi connectivity index (χ4v) is 3.07. The Morgan fingerprint density at radius 2 is 1.86 bits per heavy atom. The maximum absolute atomic E-state index is 4.84. The first-order valence-electron chi connectivity index (χ1n) is 9.24. The second-order valence-corrected chi connectivity index (χ2v) is 7.96. The van der Waals surface area contributed by atoms with Gasteiger partial charge in [0.1, 0.15) is 5.82 Å². The molecule has 28 heavy (non-hydrogen) atoms. The van der Waals surface area contributed by atoms with Gasteiger partial charge in [-0.15, -0.1) is 0 Å². The third kappa shape index (κ3) is 3.58. The van der Waals surface area contributed by atoms with E-state index in [0.29, 0.717) is 5.82 Å². The van der Waals surface area contributed by atoms with Gasteiger partial charge in [0.25, 0.3) is 0 Å². The highest BCUT2D eigenvalue weighted by atomic mass is 15.3. The van der Waals surface area contributed by atoms with Crippen LogP contribution in [0.4, 0.5) is 5.82 Å². The Bertz CT molecular complexity index is 1060. The summed E-state index contributed by atoms with van der Waals surface area (Å²) in [5.41, 5.74) is 1.71. The van der Waals surface area contributed by atoms with E-state index in [1.165, 1.54) is 0 Å². The molecule has 4 aromatic heterocycles. The van der Waals surface area contributed by atoms with Crippen molar-refractivity contribution >= 4 is 16.9 Å². The van der Waals surface area contributed by atoms with Crippen LogP contribution in [0.15, 0.2) is 49.4 Å². The third-order valence-corrected chi connectivity index (χ3v) is 4.84. The molecule has 0 saturated heterocycles. The zero-order valence-electron chi connectivity index (χ0n) is 16.5. The van der Waals surface area contributed by atoms with Gasteiger partial charge in [-0.2, -0.15) is 5.10 Å². The summed E-state index contributed by atoms with van der Waals surface area (Å²) in [7, 11) is 1.89. The number of hydrogen-bond donors (Lipinski definition) is 1. The van der Waals surface area contributed by atoms with Crippen molar-refractivity contribution in [2.45, 2.75) is 33.4 Å². The van der Waals surface area contributed by atoms with E-state index in [1.54, 1.807) is 23.3 Å². The molecule has 0 aliphatic heterocycles. The van der Waals surface area contributed by atoms with E-state index in [2.05, 4.69) is 45.7 Å². The number of rotatable bonds is 5. The molecule has 4 heterocycles. The second kappa shape index (κ2) is 7.03. The monoisotopic (exact) mass is 376 g/mol. The lowest BCUT2D eigenvalue weighted by atomic mass is 9.86. The van der Waals surface area contributed by atoms with Gasteiger partial charge in [-0.3, -0.25) is 9.67 Å². The lowest BCUT2D eigenvalue weighted by Crippen LogP contribution is -2.38. The second-order valence-electron chi connectivity index (χ2n) is 7.96. The maximum Gasteiger partial charge on any atom is 0.164 e. The van der Waals surface area contributed by atoms with Crippen LogP contribution in [0.3, 0.4) is 0 Å². The smallest absolute Gasteiger partial charge is 0.164 e. The summed E-state index contributed by atoms with van der Waals surface area (Å²) in [6, 6.07) is 3.95. The lowest BCUT2D eigenvalue weighted by molar-refractivity contribution is 0.311. The molecule has 144 valence electrons. The summed E-state index contributed by atoms with van der Waals surface area (Å²) in [6.07, 6.45) is 10.9. The van der Waals surface area contributed by atoms with Crippen molar-refractivity contribution in [1.82, 2.24) is 34.3 Å². The Balaban J connectivity index is 1.78. The zero-order chi connectivity index (χ0) is 19.7. The van der Waals surface area contributed by atoms with Crippen LogP contribution in [-0.4, -0.2) is 40.3 Å². The number of aromatic nitrogens is 7. The molecule has 0 bridgehead atoms. The molecule has 0 unspecified atom stereocenters. The quantitative estimate of drug-likeness (QED) is 0.576. The molecule has 4 rings (SSSR count). The van der Waals surface area contributed by atoms with Gasteiger partial charge in [0, 0.05) is 43.9 Å². The van der Waals surface area contributed by atoms with E-state index in [1.807, 2.05) is 37.9 Å². The van der Waals surface area contributed by atoms with Gasteiger partial charge < -0.3 is 9.88 Å². The van der Waals surface area contributed by atoms with Crippen LogP contribution in [0.5, 0.6) is 0 Å². The van der Waals surface area contributed by atoms with Gasteiger partial charge in [-0.05, 0) is 17.5 Å². The molecule has 8 nitrogen and oxygen atoms in total. The van der Waals surface area contributed by atoms with Gasteiger partial charge in [0.2, 0.25) is 0 Å². The highest BCUT2D eigenvalue weighted by Gasteiger charge is 2.27. The fraction of sp³-hybridized carbons (Fsp3) is 0.350. The average molecular weight is 376 g/mol. The van der Waals surface area contributed by atoms with Crippen molar-refractivity contribution < 1.29 is 0 Å². The number of fused-ring (bicyclic) bond motifs is 1. The molecule has 4 aromatic rings. The SMILES string of the molecule is Cn1ncc2c(N[C@@H](Cn3ccnc3)C(C)(C)C)nc(-c3ccncc3)nc21. The fourth-order valence-electron chi connectivity index (χ4n) is 3.07. The van der Waals surface area contributed by atoms with Crippen LogP contribution in [0.25, 0.3) is 22.4 Å². The Labute approximate surface area is 163 Å². The lowest BCUT2D eigenvalue weighted by Gasteiger charge is -2.32. The first kappa shape index (κ1) is 18.1. The van der Waals surface area contributed by atoms with Crippen LogP contribution < -0.4 is 5.32 Å². The van der Waals surface area contributed by atoms with Crippen molar-refractivity contribution in [3.05, 3.63) is 49.4 Å². The van der Waals surface area contributed by atoms with E-state index in [4.69, 9.17) is 9.97 Å². The van der Waals surface area contributed by atoms with Crippen LogP contribution in [0.1, 0.15) is 20.8 Å². The van der Waals surface area contributed by atoms with Crippen molar-refractivity contribution in [2.75, 3.05) is 5.32 Å². The molecule has 0 amide bonds.